The van der Waals surface area contributed by atoms with E-state index in [9.17, 15) is 9.18 Å². The number of carbonyl (C=O) groups is 1. The monoisotopic (exact) mass is 342 g/mol. The minimum absolute atomic E-state index is 0.0330. The Balaban J connectivity index is 1.87. The first-order chi connectivity index (χ1) is 12.1. The highest BCUT2D eigenvalue weighted by Crippen LogP contribution is 2.29. The summed E-state index contributed by atoms with van der Waals surface area (Å²) in [5, 5.41) is 16.5. The predicted molar refractivity (Wildman–Crippen MR) is 92.7 cm³/mol. The predicted octanol–water partition coefficient (Wildman–Crippen LogP) is 3.52. The average Bonchev–Trinajstić information content (AvgIpc) is 3.03. The van der Waals surface area contributed by atoms with Gasteiger partial charge in [0.1, 0.15) is 11.3 Å². The molecule has 1 atom stereocenters. The minimum Gasteiger partial charge on any atom is -0.396 e. The third-order valence-corrected chi connectivity index (χ3v) is 4.02. The summed E-state index contributed by atoms with van der Waals surface area (Å²) < 4.78 is 18.5. The molecule has 0 spiro atoms. The molecule has 1 unspecified atom stereocenters. The first kappa shape index (κ1) is 17.1. The Labute approximate surface area is 144 Å². The van der Waals surface area contributed by atoms with E-state index >= 15 is 0 Å². The number of carbonyl (C=O) groups excluding carboxylic acids is 1. The molecule has 0 fully saturated rings. The fraction of sp³-hybridized carbons (Fsp3) is 0.263. The van der Waals surface area contributed by atoms with Gasteiger partial charge in [0, 0.05) is 23.8 Å². The summed E-state index contributed by atoms with van der Waals surface area (Å²) in [5.41, 5.74) is 1.82. The summed E-state index contributed by atoms with van der Waals surface area (Å²) in [5.74, 6) is -0.0268. The molecule has 5 nitrogen and oxygen atoms in total. The van der Waals surface area contributed by atoms with Gasteiger partial charge >= 0.3 is 0 Å². The van der Waals surface area contributed by atoms with E-state index in [0.29, 0.717) is 40.6 Å². The fourth-order valence-electron chi connectivity index (χ4n) is 2.67. The van der Waals surface area contributed by atoms with Crippen LogP contribution in [0.3, 0.4) is 0 Å². The van der Waals surface area contributed by atoms with E-state index in [1.165, 1.54) is 12.1 Å². The Hall–Kier alpha value is -2.73. The maximum Gasteiger partial charge on any atom is 0.251 e. The van der Waals surface area contributed by atoms with Crippen molar-refractivity contribution in [3.63, 3.8) is 0 Å². The van der Waals surface area contributed by atoms with Gasteiger partial charge in [-0.15, -0.1) is 0 Å². The van der Waals surface area contributed by atoms with Gasteiger partial charge in [0.25, 0.3) is 5.91 Å². The molecule has 0 saturated carbocycles. The first-order valence-electron chi connectivity index (χ1n) is 8.15. The van der Waals surface area contributed by atoms with Crippen LogP contribution in [0.25, 0.3) is 22.2 Å². The van der Waals surface area contributed by atoms with E-state index in [2.05, 4.69) is 10.5 Å². The van der Waals surface area contributed by atoms with E-state index in [-0.39, 0.29) is 24.4 Å². The Morgan fingerprint density at radius 1 is 1.28 bits per heavy atom. The second-order valence-electron chi connectivity index (χ2n) is 5.99. The molecule has 1 amide bonds. The number of halogens is 1. The number of benzene rings is 2. The lowest BCUT2D eigenvalue weighted by atomic mass is 10.1. The summed E-state index contributed by atoms with van der Waals surface area (Å²) in [6.07, 6.45) is 1.35. The number of aliphatic hydroxyl groups excluding tert-OH is 1. The number of nitrogens with zero attached hydrogens (tertiary/aromatic N) is 1. The number of rotatable bonds is 6. The Morgan fingerprint density at radius 3 is 2.76 bits per heavy atom. The summed E-state index contributed by atoms with van der Waals surface area (Å²) in [4.78, 5) is 12.4. The summed E-state index contributed by atoms with van der Waals surface area (Å²) in [7, 11) is 0. The minimum atomic E-state index is -0.329. The molecule has 0 radical (unpaired) electrons. The van der Waals surface area contributed by atoms with Crippen molar-refractivity contribution in [2.24, 2.45) is 0 Å². The highest BCUT2D eigenvalue weighted by Gasteiger charge is 2.15. The van der Waals surface area contributed by atoms with Crippen molar-refractivity contribution in [3.05, 3.63) is 53.8 Å². The highest BCUT2D eigenvalue weighted by molar-refractivity contribution is 6.01. The maximum atomic E-state index is 13.1. The second kappa shape index (κ2) is 7.44. The molecule has 3 aromatic rings. The molecule has 0 aliphatic heterocycles. The van der Waals surface area contributed by atoms with Crippen molar-refractivity contribution in [2.45, 2.75) is 25.8 Å². The molecular formula is C19H19FN2O3. The molecule has 130 valence electrons. The van der Waals surface area contributed by atoms with Crippen LogP contribution >= 0.6 is 0 Å². The van der Waals surface area contributed by atoms with E-state index in [4.69, 9.17) is 9.63 Å². The van der Waals surface area contributed by atoms with Gasteiger partial charge in [-0.25, -0.2) is 4.39 Å². The van der Waals surface area contributed by atoms with Crippen molar-refractivity contribution in [2.75, 3.05) is 6.61 Å². The van der Waals surface area contributed by atoms with Crippen LogP contribution < -0.4 is 5.32 Å². The topological polar surface area (TPSA) is 75.4 Å². The van der Waals surface area contributed by atoms with Gasteiger partial charge in [-0.05, 0) is 62.2 Å². The third-order valence-electron chi connectivity index (χ3n) is 4.02. The van der Waals surface area contributed by atoms with Crippen molar-refractivity contribution in [1.82, 2.24) is 10.5 Å². The lowest BCUT2D eigenvalue weighted by molar-refractivity contribution is 0.0936. The first-order valence-corrected chi connectivity index (χ1v) is 8.15. The van der Waals surface area contributed by atoms with Crippen molar-refractivity contribution in [3.8, 4) is 11.3 Å². The van der Waals surface area contributed by atoms with Crippen molar-refractivity contribution in [1.29, 1.82) is 0 Å². The molecule has 0 bridgehead atoms. The maximum absolute atomic E-state index is 13.1. The van der Waals surface area contributed by atoms with Crippen LogP contribution in [0, 0.1) is 5.82 Å². The Kier molecular flexibility index (Phi) is 5.09. The molecule has 6 heteroatoms. The van der Waals surface area contributed by atoms with Crippen LogP contribution in [-0.2, 0) is 0 Å². The Bertz CT molecular complexity index is 874. The molecule has 0 aliphatic carbocycles. The molecule has 0 aliphatic rings. The zero-order valence-electron chi connectivity index (χ0n) is 13.8. The highest BCUT2D eigenvalue weighted by atomic mass is 19.1. The van der Waals surface area contributed by atoms with Gasteiger partial charge in [0.05, 0.1) is 5.39 Å². The molecular weight excluding hydrogens is 323 g/mol. The van der Waals surface area contributed by atoms with Crippen molar-refractivity contribution < 1.29 is 18.8 Å². The second-order valence-corrected chi connectivity index (χ2v) is 5.99. The van der Waals surface area contributed by atoms with E-state index in [0.717, 1.165) is 0 Å². The number of nitrogens with one attached hydrogen (secondary N) is 1. The van der Waals surface area contributed by atoms with Crippen LogP contribution in [0.15, 0.2) is 47.0 Å². The number of fused-ring (bicyclic) bond motifs is 1. The lowest BCUT2D eigenvalue weighted by Gasteiger charge is -2.13. The third kappa shape index (κ3) is 3.85. The van der Waals surface area contributed by atoms with Crippen LogP contribution in [0.5, 0.6) is 0 Å². The van der Waals surface area contributed by atoms with E-state index < -0.39 is 0 Å². The van der Waals surface area contributed by atoms with Crippen LogP contribution in [0.4, 0.5) is 4.39 Å². The molecule has 2 aromatic carbocycles. The standard InChI is InChI=1S/C19H19FN2O3/c1-12(3-2-10-23)21-19(24)14-6-9-17-16(11-14)18(25-22-17)13-4-7-15(20)8-5-13/h4-9,11-12,23H,2-3,10H2,1H3,(H,21,24). The van der Waals surface area contributed by atoms with Crippen molar-refractivity contribution >= 4 is 16.8 Å². The number of hydrogen-bond donors (Lipinski definition) is 2. The van der Waals surface area contributed by atoms with Crippen LogP contribution in [-0.4, -0.2) is 28.8 Å². The fourth-order valence-corrected chi connectivity index (χ4v) is 2.67. The summed E-state index contributed by atoms with van der Waals surface area (Å²) in [6.45, 7) is 2.00. The average molecular weight is 342 g/mol. The van der Waals surface area contributed by atoms with E-state index in [1.54, 1.807) is 30.3 Å². The number of hydrogen-bond acceptors (Lipinski definition) is 4. The van der Waals surface area contributed by atoms with Crippen LogP contribution in [0.2, 0.25) is 0 Å². The van der Waals surface area contributed by atoms with Gasteiger partial charge in [-0.1, -0.05) is 5.16 Å². The molecule has 1 heterocycles. The van der Waals surface area contributed by atoms with Gasteiger partial charge in [-0.3, -0.25) is 4.79 Å². The largest absolute Gasteiger partial charge is 0.396 e. The van der Waals surface area contributed by atoms with Gasteiger partial charge < -0.3 is 14.9 Å². The van der Waals surface area contributed by atoms with Gasteiger partial charge in [0.15, 0.2) is 5.76 Å². The lowest BCUT2D eigenvalue weighted by Crippen LogP contribution is -2.32. The van der Waals surface area contributed by atoms with Gasteiger partial charge in [0.2, 0.25) is 0 Å². The normalized spacial score (nSPS) is 12.3. The summed E-state index contributed by atoms with van der Waals surface area (Å²) in [6, 6.07) is 11.0. The zero-order chi connectivity index (χ0) is 17.8. The number of aromatic nitrogens is 1. The smallest absolute Gasteiger partial charge is 0.251 e. The molecule has 2 N–H and O–H groups in total. The quantitative estimate of drug-likeness (QED) is 0.719. The number of aliphatic hydroxyl groups is 1. The molecule has 0 saturated heterocycles. The number of amides is 1. The van der Waals surface area contributed by atoms with E-state index in [1.807, 2.05) is 6.92 Å². The SMILES string of the molecule is CC(CCCO)NC(=O)c1ccc2noc(-c3ccc(F)cc3)c2c1. The van der Waals surface area contributed by atoms with Crippen LogP contribution in [0.1, 0.15) is 30.1 Å². The molecule has 25 heavy (non-hydrogen) atoms. The Morgan fingerprint density at radius 2 is 2.04 bits per heavy atom. The van der Waals surface area contributed by atoms with Gasteiger partial charge in [-0.2, -0.15) is 0 Å². The summed E-state index contributed by atoms with van der Waals surface area (Å²) >= 11 is 0. The molecule has 1 aromatic heterocycles. The molecule has 3 rings (SSSR count). The zero-order valence-corrected chi connectivity index (χ0v) is 13.8.